The van der Waals surface area contributed by atoms with Gasteiger partial charge >= 0.3 is 0 Å². The van der Waals surface area contributed by atoms with Gasteiger partial charge in [-0.1, -0.05) is 31.4 Å². The Morgan fingerprint density at radius 1 is 1.15 bits per heavy atom. The minimum absolute atomic E-state index is 0.0708. The lowest BCUT2D eigenvalue weighted by molar-refractivity contribution is -0.131. The van der Waals surface area contributed by atoms with E-state index in [4.69, 9.17) is 0 Å². The Balaban J connectivity index is 1.80. The number of nitrogens with one attached hydrogen (secondary N) is 1. The first-order chi connectivity index (χ1) is 9.79. The Labute approximate surface area is 125 Å². The van der Waals surface area contributed by atoms with Gasteiger partial charge in [0.2, 0.25) is 5.91 Å². The molecule has 0 spiro atoms. The van der Waals surface area contributed by atoms with Crippen molar-refractivity contribution in [2.24, 2.45) is 0 Å². The Kier molecular flexibility index (Phi) is 4.32. The maximum Gasteiger partial charge on any atom is 0.238 e. The number of hydrogen-bond acceptors (Lipinski definition) is 3. The van der Waals surface area contributed by atoms with Gasteiger partial charge in [-0.05, 0) is 36.8 Å². The maximum atomic E-state index is 12.2. The number of hydrogen-bond donors (Lipinski definition) is 1. The molecule has 0 bridgehead atoms. The van der Waals surface area contributed by atoms with Gasteiger partial charge < -0.3 is 4.90 Å². The highest BCUT2D eigenvalue weighted by molar-refractivity contribution is 7.98. The molecular formula is C16H22N2OS. The second-order valence-electron chi connectivity index (χ2n) is 5.65. The molecule has 4 heteroatoms. The second kappa shape index (κ2) is 6.19. The van der Waals surface area contributed by atoms with Crippen LogP contribution in [-0.2, 0) is 4.79 Å². The molecule has 1 unspecified atom stereocenters. The van der Waals surface area contributed by atoms with Gasteiger partial charge in [-0.3, -0.25) is 10.1 Å². The van der Waals surface area contributed by atoms with E-state index in [2.05, 4.69) is 40.7 Å². The molecule has 3 nitrogen and oxygen atoms in total. The normalized spacial score (nSPS) is 24.4. The first-order valence-corrected chi connectivity index (χ1v) is 8.70. The molecule has 1 aliphatic carbocycles. The molecule has 2 fully saturated rings. The summed E-state index contributed by atoms with van der Waals surface area (Å²) in [5, 5.41) is 3.38. The maximum absolute atomic E-state index is 12.2. The molecule has 0 aromatic heterocycles. The highest BCUT2D eigenvalue weighted by Crippen LogP contribution is 2.32. The molecule has 1 atom stereocenters. The Hall–Kier alpha value is -1.00. The van der Waals surface area contributed by atoms with Gasteiger partial charge in [-0.2, -0.15) is 0 Å². The van der Waals surface area contributed by atoms with E-state index in [0.717, 1.165) is 12.8 Å². The fourth-order valence-corrected chi connectivity index (χ4v) is 3.76. The summed E-state index contributed by atoms with van der Waals surface area (Å²) in [5.41, 5.74) is 1.21. The van der Waals surface area contributed by atoms with Gasteiger partial charge in [0.25, 0.3) is 0 Å². The molecule has 1 aromatic rings. The Morgan fingerprint density at radius 3 is 2.50 bits per heavy atom. The molecule has 20 heavy (non-hydrogen) atoms. The smallest absolute Gasteiger partial charge is 0.238 e. The van der Waals surface area contributed by atoms with E-state index in [1.54, 1.807) is 11.8 Å². The van der Waals surface area contributed by atoms with Crippen LogP contribution in [0.2, 0.25) is 0 Å². The quantitative estimate of drug-likeness (QED) is 0.868. The van der Waals surface area contributed by atoms with Crippen LogP contribution in [-0.4, -0.2) is 29.6 Å². The fourth-order valence-electron chi connectivity index (χ4n) is 3.36. The van der Waals surface area contributed by atoms with Crippen LogP contribution in [0.15, 0.2) is 29.2 Å². The summed E-state index contributed by atoms with van der Waals surface area (Å²) in [6.07, 6.45) is 8.31. The van der Waals surface area contributed by atoms with E-state index in [1.807, 2.05) is 0 Å². The van der Waals surface area contributed by atoms with Gasteiger partial charge in [0.1, 0.15) is 6.17 Å². The highest BCUT2D eigenvalue weighted by Gasteiger charge is 2.36. The van der Waals surface area contributed by atoms with Crippen LogP contribution in [0.1, 0.15) is 43.8 Å². The van der Waals surface area contributed by atoms with Crippen molar-refractivity contribution in [3.05, 3.63) is 29.8 Å². The number of nitrogens with zero attached hydrogens (tertiary/aromatic N) is 1. The average molecular weight is 290 g/mol. The lowest BCUT2D eigenvalue weighted by Crippen LogP contribution is -2.40. The van der Waals surface area contributed by atoms with Crippen LogP contribution in [0.3, 0.4) is 0 Å². The van der Waals surface area contributed by atoms with E-state index >= 15 is 0 Å². The SMILES string of the molecule is CSc1ccc(C2NCC(=O)N2C2CCCCC2)cc1. The van der Waals surface area contributed by atoms with E-state index in [-0.39, 0.29) is 12.1 Å². The first kappa shape index (κ1) is 14.0. The standard InChI is InChI=1S/C16H22N2OS/c1-20-14-9-7-12(8-10-14)16-17-11-15(19)18(16)13-5-3-2-4-6-13/h7-10,13,16-17H,2-6,11H2,1H3. The van der Waals surface area contributed by atoms with Crippen LogP contribution in [0.4, 0.5) is 0 Å². The molecule has 1 saturated carbocycles. The summed E-state index contributed by atoms with van der Waals surface area (Å²) in [7, 11) is 0. The Bertz CT molecular complexity index is 468. The second-order valence-corrected chi connectivity index (χ2v) is 6.53. The van der Waals surface area contributed by atoms with Gasteiger partial charge in [-0.15, -0.1) is 11.8 Å². The van der Waals surface area contributed by atoms with Gasteiger partial charge in [0, 0.05) is 10.9 Å². The van der Waals surface area contributed by atoms with E-state index < -0.39 is 0 Å². The van der Waals surface area contributed by atoms with Crippen LogP contribution < -0.4 is 5.32 Å². The third-order valence-electron chi connectivity index (χ3n) is 4.41. The molecule has 1 saturated heterocycles. The van der Waals surface area contributed by atoms with Crippen molar-refractivity contribution in [2.75, 3.05) is 12.8 Å². The third kappa shape index (κ3) is 2.72. The molecule has 1 aromatic carbocycles. The first-order valence-electron chi connectivity index (χ1n) is 7.48. The number of thioether (sulfide) groups is 1. The van der Waals surface area contributed by atoms with E-state index in [0.29, 0.717) is 12.6 Å². The summed E-state index contributed by atoms with van der Waals surface area (Å²) >= 11 is 1.75. The number of carbonyl (C=O) groups excluding carboxylic acids is 1. The van der Waals surface area contributed by atoms with Crippen LogP contribution in [0, 0.1) is 0 Å². The topological polar surface area (TPSA) is 32.3 Å². The zero-order valence-corrected chi connectivity index (χ0v) is 12.8. The van der Waals surface area contributed by atoms with E-state index in [1.165, 1.54) is 29.7 Å². The van der Waals surface area contributed by atoms with Crippen LogP contribution in [0.25, 0.3) is 0 Å². The lowest BCUT2D eigenvalue weighted by Gasteiger charge is -2.35. The number of benzene rings is 1. The van der Waals surface area contributed by atoms with Crippen molar-refractivity contribution in [1.29, 1.82) is 0 Å². The van der Waals surface area contributed by atoms with E-state index in [9.17, 15) is 4.79 Å². The predicted octanol–water partition coefficient (Wildman–Crippen LogP) is 3.17. The zero-order valence-electron chi connectivity index (χ0n) is 12.0. The van der Waals surface area contributed by atoms with Crippen molar-refractivity contribution in [1.82, 2.24) is 10.2 Å². The van der Waals surface area contributed by atoms with Crippen molar-refractivity contribution in [3.63, 3.8) is 0 Å². The summed E-state index contributed by atoms with van der Waals surface area (Å²) in [5.74, 6) is 0.260. The molecule has 3 rings (SSSR count). The highest BCUT2D eigenvalue weighted by atomic mass is 32.2. The molecule has 2 aliphatic rings. The molecule has 1 N–H and O–H groups in total. The van der Waals surface area contributed by atoms with Crippen molar-refractivity contribution < 1.29 is 4.79 Å². The molecule has 1 heterocycles. The molecular weight excluding hydrogens is 268 g/mol. The van der Waals surface area contributed by atoms with Crippen LogP contribution in [0.5, 0.6) is 0 Å². The summed E-state index contributed by atoms with van der Waals surface area (Å²) in [4.78, 5) is 15.6. The number of rotatable bonds is 3. The Morgan fingerprint density at radius 2 is 1.85 bits per heavy atom. The fraction of sp³-hybridized carbons (Fsp3) is 0.562. The largest absolute Gasteiger partial charge is 0.319 e. The summed E-state index contributed by atoms with van der Waals surface area (Å²) < 4.78 is 0. The number of amides is 1. The predicted molar refractivity (Wildman–Crippen MR) is 82.7 cm³/mol. The molecule has 0 radical (unpaired) electrons. The van der Waals surface area contributed by atoms with Crippen molar-refractivity contribution in [2.45, 2.75) is 49.2 Å². The lowest BCUT2D eigenvalue weighted by atomic mass is 9.93. The van der Waals surface area contributed by atoms with Gasteiger partial charge in [-0.25, -0.2) is 0 Å². The summed E-state index contributed by atoms with van der Waals surface area (Å²) in [6.45, 7) is 0.478. The molecule has 1 aliphatic heterocycles. The third-order valence-corrected chi connectivity index (χ3v) is 5.16. The monoisotopic (exact) mass is 290 g/mol. The van der Waals surface area contributed by atoms with Crippen molar-refractivity contribution >= 4 is 17.7 Å². The van der Waals surface area contributed by atoms with Gasteiger partial charge in [0.05, 0.1) is 6.54 Å². The van der Waals surface area contributed by atoms with Crippen molar-refractivity contribution in [3.8, 4) is 0 Å². The average Bonchev–Trinajstić information content (AvgIpc) is 2.90. The minimum atomic E-state index is 0.0708. The molecule has 108 valence electrons. The van der Waals surface area contributed by atoms with Gasteiger partial charge in [0.15, 0.2) is 0 Å². The zero-order chi connectivity index (χ0) is 13.9. The minimum Gasteiger partial charge on any atom is -0.319 e. The van der Waals surface area contributed by atoms with Crippen LogP contribution >= 0.6 is 11.8 Å². The summed E-state index contributed by atoms with van der Waals surface area (Å²) in [6, 6.07) is 9.01. The molecule has 1 amide bonds. The number of carbonyl (C=O) groups is 1.